The van der Waals surface area contributed by atoms with Gasteiger partial charge in [-0.05, 0) is 12.2 Å². The van der Waals surface area contributed by atoms with Crippen LogP contribution in [0.2, 0.25) is 0 Å². The van der Waals surface area contributed by atoms with E-state index in [0.717, 1.165) is 11.1 Å². The lowest BCUT2D eigenvalue weighted by molar-refractivity contribution is -0.150. The standard InChI is InChI=1S/C18H16O3/c1-15(20)21-18(13-8-14-19,16-9-4-2-5-10-16)17-11-6-3-7-12-17/h2-14H,1H3/b13-8+. The van der Waals surface area contributed by atoms with E-state index in [1.54, 1.807) is 6.08 Å². The smallest absolute Gasteiger partial charge is 0.304 e. The van der Waals surface area contributed by atoms with Gasteiger partial charge in [0.25, 0.3) is 0 Å². The van der Waals surface area contributed by atoms with Gasteiger partial charge in [-0.3, -0.25) is 9.59 Å². The van der Waals surface area contributed by atoms with Gasteiger partial charge in [0.2, 0.25) is 0 Å². The van der Waals surface area contributed by atoms with E-state index in [-0.39, 0.29) is 0 Å². The molecule has 0 aliphatic rings. The average molecular weight is 280 g/mol. The molecule has 0 heterocycles. The first-order valence-corrected chi connectivity index (χ1v) is 6.62. The number of carbonyl (C=O) groups excluding carboxylic acids is 2. The third-order valence-electron chi connectivity index (χ3n) is 3.12. The molecule has 2 aromatic rings. The van der Waals surface area contributed by atoms with Crippen LogP contribution in [-0.4, -0.2) is 12.3 Å². The predicted molar refractivity (Wildman–Crippen MR) is 80.6 cm³/mol. The fourth-order valence-corrected chi connectivity index (χ4v) is 2.28. The fraction of sp³-hybridized carbons (Fsp3) is 0.111. The molecule has 0 amide bonds. The van der Waals surface area contributed by atoms with Gasteiger partial charge in [-0.25, -0.2) is 0 Å². The van der Waals surface area contributed by atoms with Crippen molar-refractivity contribution in [3.8, 4) is 0 Å². The summed E-state index contributed by atoms with van der Waals surface area (Å²) in [5.41, 5.74) is 0.462. The normalized spacial score (nSPS) is 11.3. The molecular weight excluding hydrogens is 264 g/mol. The van der Waals surface area contributed by atoms with Gasteiger partial charge >= 0.3 is 5.97 Å². The first-order valence-electron chi connectivity index (χ1n) is 6.62. The Morgan fingerprint density at radius 3 is 1.81 bits per heavy atom. The molecule has 0 saturated heterocycles. The number of aldehydes is 1. The van der Waals surface area contributed by atoms with Crippen molar-refractivity contribution in [2.45, 2.75) is 12.5 Å². The molecule has 0 saturated carbocycles. The van der Waals surface area contributed by atoms with Crippen LogP contribution in [0.4, 0.5) is 0 Å². The Hall–Kier alpha value is -2.68. The van der Waals surface area contributed by atoms with Gasteiger partial charge in [0.05, 0.1) is 0 Å². The summed E-state index contributed by atoms with van der Waals surface area (Å²) in [6.45, 7) is 1.36. The van der Waals surface area contributed by atoms with Crippen molar-refractivity contribution in [1.82, 2.24) is 0 Å². The van der Waals surface area contributed by atoms with E-state index in [1.165, 1.54) is 13.0 Å². The Morgan fingerprint density at radius 1 is 0.952 bits per heavy atom. The Labute approximate surface area is 123 Å². The maximum Gasteiger partial charge on any atom is 0.304 e. The molecule has 0 spiro atoms. The minimum Gasteiger partial charge on any atom is -0.445 e. The number of hydrogen-bond acceptors (Lipinski definition) is 3. The van der Waals surface area contributed by atoms with Crippen molar-refractivity contribution >= 4 is 12.3 Å². The SMILES string of the molecule is CC(=O)OC(/C=C/C=O)(c1ccccc1)c1ccccc1. The van der Waals surface area contributed by atoms with Crippen LogP contribution >= 0.6 is 0 Å². The van der Waals surface area contributed by atoms with Crippen LogP contribution in [0.15, 0.2) is 72.8 Å². The minimum atomic E-state index is -1.10. The third-order valence-corrected chi connectivity index (χ3v) is 3.12. The first kappa shape index (κ1) is 14.7. The van der Waals surface area contributed by atoms with Crippen LogP contribution in [0.25, 0.3) is 0 Å². The Bertz CT molecular complexity index is 591. The van der Waals surface area contributed by atoms with E-state index < -0.39 is 11.6 Å². The molecule has 0 atom stereocenters. The Balaban J connectivity index is 2.67. The molecular formula is C18H16O3. The third kappa shape index (κ3) is 3.26. The maximum absolute atomic E-state index is 11.6. The van der Waals surface area contributed by atoms with Crippen LogP contribution in [0.5, 0.6) is 0 Å². The van der Waals surface area contributed by atoms with E-state index in [4.69, 9.17) is 4.74 Å². The van der Waals surface area contributed by atoms with E-state index in [2.05, 4.69) is 0 Å². The highest BCUT2D eigenvalue weighted by atomic mass is 16.6. The van der Waals surface area contributed by atoms with E-state index in [0.29, 0.717) is 6.29 Å². The van der Waals surface area contributed by atoms with Crippen molar-refractivity contribution in [1.29, 1.82) is 0 Å². The number of hydrogen-bond donors (Lipinski definition) is 0. The number of ether oxygens (including phenoxy) is 1. The monoisotopic (exact) mass is 280 g/mol. The summed E-state index contributed by atoms with van der Waals surface area (Å²) in [6, 6.07) is 18.7. The quantitative estimate of drug-likeness (QED) is 0.480. The second kappa shape index (κ2) is 6.66. The van der Waals surface area contributed by atoms with E-state index in [9.17, 15) is 9.59 Å². The summed E-state index contributed by atoms with van der Waals surface area (Å²) in [6.07, 6.45) is 3.62. The van der Waals surface area contributed by atoms with Crippen molar-refractivity contribution < 1.29 is 14.3 Å². The molecule has 106 valence electrons. The molecule has 0 N–H and O–H groups in total. The zero-order chi connectivity index (χ0) is 15.1. The highest BCUT2D eigenvalue weighted by Crippen LogP contribution is 2.35. The maximum atomic E-state index is 11.6. The molecule has 0 aliphatic heterocycles. The second-order valence-corrected chi connectivity index (χ2v) is 4.56. The van der Waals surface area contributed by atoms with Crippen molar-refractivity contribution in [2.24, 2.45) is 0 Å². The van der Waals surface area contributed by atoms with Gasteiger partial charge in [-0.2, -0.15) is 0 Å². The largest absolute Gasteiger partial charge is 0.445 e. The highest BCUT2D eigenvalue weighted by molar-refractivity contribution is 5.70. The van der Waals surface area contributed by atoms with Gasteiger partial charge in [0.15, 0.2) is 5.60 Å². The molecule has 2 aromatic carbocycles. The van der Waals surface area contributed by atoms with Crippen LogP contribution in [0.1, 0.15) is 18.1 Å². The van der Waals surface area contributed by atoms with Crippen molar-refractivity contribution in [2.75, 3.05) is 0 Å². The first-order chi connectivity index (χ1) is 10.2. The molecule has 0 aliphatic carbocycles. The van der Waals surface area contributed by atoms with Gasteiger partial charge in [0.1, 0.15) is 6.29 Å². The number of allylic oxidation sites excluding steroid dienone is 1. The van der Waals surface area contributed by atoms with Crippen LogP contribution in [0, 0.1) is 0 Å². The Kier molecular flexibility index (Phi) is 4.67. The summed E-state index contributed by atoms with van der Waals surface area (Å²) >= 11 is 0. The van der Waals surface area contributed by atoms with Crippen LogP contribution in [0.3, 0.4) is 0 Å². The number of benzene rings is 2. The molecule has 0 radical (unpaired) electrons. The zero-order valence-corrected chi connectivity index (χ0v) is 11.7. The van der Waals surface area contributed by atoms with Gasteiger partial charge in [-0.1, -0.05) is 60.7 Å². The minimum absolute atomic E-state index is 0.418. The summed E-state index contributed by atoms with van der Waals surface area (Å²) in [5.74, 6) is -0.418. The lowest BCUT2D eigenvalue weighted by atomic mass is 9.85. The van der Waals surface area contributed by atoms with E-state index >= 15 is 0 Å². The summed E-state index contributed by atoms with van der Waals surface area (Å²) < 4.78 is 5.63. The number of carbonyl (C=O) groups is 2. The highest BCUT2D eigenvalue weighted by Gasteiger charge is 2.34. The second-order valence-electron chi connectivity index (χ2n) is 4.56. The summed E-state index contributed by atoms with van der Waals surface area (Å²) in [5, 5.41) is 0. The summed E-state index contributed by atoms with van der Waals surface area (Å²) in [4.78, 5) is 22.4. The molecule has 0 bridgehead atoms. The van der Waals surface area contributed by atoms with E-state index in [1.807, 2.05) is 60.7 Å². The predicted octanol–water partition coefficient (Wildman–Crippen LogP) is 3.25. The Morgan fingerprint density at radius 2 is 1.43 bits per heavy atom. The van der Waals surface area contributed by atoms with Crippen molar-refractivity contribution in [3.05, 3.63) is 83.9 Å². The average Bonchev–Trinajstić information content (AvgIpc) is 2.53. The fourth-order valence-electron chi connectivity index (χ4n) is 2.28. The lowest BCUT2D eigenvalue weighted by Crippen LogP contribution is -2.31. The molecule has 21 heavy (non-hydrogen) atoms. The van der Waals surface area contributed by atoms with Crippen molar-refractivity contribution in [3.63, 3.8) is 0 Å². The van der Waals surface area contributed by atoms with Crippen LogP contribution < -0.4 is 0 Å². The summed E-state index contributed by atoms with van der Waals surface area (Å²) in [7, 11) is 0. The van der Waals surface area contributed by atoms with Crippen LogP contribution in [-0.2, 0) is 19.9 Å². The number of esters is 1. The molecule has 0 unspecified atom stereocenters. The zero-order valence-electron chi connectivity index (χ0n) is 11.7. The molecule has 3 heteroatoms. The van der Waals surface area contributed by atoms with Gasteiger partial charge < -0.3 is 4.74 Å². The number of rotatable bonds is 5. The molecule has 0 fully saturated rings. The lowest BCUT2D eigenvalue weighted by Gasteiger charge is -2.31. The van der Waals surface area contributed by atoms with Gasteiger partial charge in [0, 0.05) is 18.1 Å². The molecule has 3 nitrogen and oxygen atoms in total. The topological polar surface area (TPSA) is 43.4 Å². The molecule has 0 aromatic heterocycles. The van der Waals surface area contributed by atoms with Gasteiger partial charge in [-0.15, -0.1) is 0 Å². The molecule has 2 rings (SSSR count).